The van der Waals surface area contributed by atoms with Gasteiger partial charge in [-0.1, -0.05) is 25.1 Å². The van der Waals surface area contributed by atoms with E-state index in [2.05, 4.69) is 17.0 Å². The van der Waals surface area contributed by atoms with Crippen molar-refractivity contribution < 1.29 is 9.90 Å². The molecule has 1 aromatic carbocycles. The Kier molecular flexibility index (Phi) is 5.06. The third-order valence-electron chi connectivity index (χ3n) is 4.55. The third kappa shape index (κ3) is 3.47. The molecule has 2 aliphatic heterocycles. The standard InChI is InChI=1S/C17H24N2O2S/c1-2-14(20)12-18-7-9-19(10-8-18)17(21)16-11-13-5-3-4-6-15(13)22-16/h3-6,14,16,20H,2,7-12H2,1H3/t14-,16+/m0/s1. The Hall–Kier alpha value is -1.04. The van der Waals surface area contributed by atoms with Crippen molar-refractivity contribution in [2.45, 2.75) is 36.0 Å². The predicted octanol–water partition coefficient (Wildman–Crippen LogP) is 1.62. The Morgan fingerprint density at radius 3 is 2.73 bits per heavy atom. The van der Waals surface area contributed by atoms with E-state index in [0.29, 0.717) is 0 Å². The average molecular weight is 320 g/mol. The second kappa shape index (κ2) is 7.02. The Morgan fingerprint density at radius 2 is 2.05 bits per heavy atom. The topological polar surface area (TPSA) is 43.8 Å². The van der Waals surface area contributed by atoms with E-state index in [1.54, 1.807) is 11.8 Å². The summed E-state index contributed by atoms with van der Waals surface area (Å²) in [6, 6.07) is 8.32. The van der Waals surface area contributed by atoms with Gasteiger partial charge in [-0.15, -0.1) is 11.8 Å². The van der Waals surface area contributed by atoms with E-state index in [0.717, 1.165) is 45.6 Å². The average Bonchev–Trinajstić information content (AvgIpc) is 2.98. The van der Waals surface area contributed by atoms with Crippen LogP contribution < -0.4 is 0 Å². The van der Waals surface area contributed by atoms with E-state index in [9.17, 15) is 9.90 Å². The number of aliphatic hydroxyl groups is 1. The quantitative estimate of drug-likeness (QED) is 0.915. The maximum Gasteiger partial charge on any atom is 0.236 e. The maximum atomic E-state index is 12.7. The Labute approximate surface area is 136 Å². The van der Waals surface area contributed by atoms with Gasteiger partial charge >= 0.3 is 0 Å². The summed E-state index contributed by atoms with van der Waals surface area (Å²) in [4.78, 5) is 18.2. The summed E-state index contributed by atoms with van der Waals surface area (Å²) in [5.74, 6) is 0.275. The summed E-state index contributed by atoms with van der Waals surface area (Å²) in [6.45, 7) is 6.02. The molecule has 4 nitrogen and oxygen atoms in total. The van der Waals surface area contributed by atoms with Crippen LogP contribution in [0.4, 0.5) is 0 Å². The molecule has 3 rings (SSSR count). The molecule has 2 aliphatic rings. The molecule has 120 valence electrons. The van der Waals surface area contributed by atoms with Gasteiger partial charge in [0.15, 0.2) is 0 Å². The van der Waals surface area contributed by atoms with Crippen molar-refractivity contribution in [3.05, 3.63) is 29.8 Å². The van der Waals surface area contributed by atoms with E-state index in [-0.39, 0.29) is 17.3 Å². The lowest BCUT2D eigenvalue weighted by Crippen LogP contribution is -2.52. The maximum absolute atomic E-state index is 12.7. The van der Waals surface area contributed by atoms with Gasteiger partial charge in [0.05, 0.1) is 11.4 Å². The smallest absolute Gasteiger partial charge is 0.236 e. The zero-order valence-electron chi connectivity index (χ0n) is 13.1. The lowest BCUT2D eigenvalue weighted by atomic mass is 10.1. The number of nitrogens with zero attached hydrogens (tertiary/aromatic N) is 2. The summed E-state index contributed by atoms with van der Waals surface area (Å²) < 4.78 is 0. The minimum atomic E-state index is -0.248. The second-order valence-corrected chi connectivity index (χ2v) is 7.35. The number of β-amino-alcohol motifs (C(OH)–C–C–N with tert-alkyl or cyclic N) is 1. The van der Waals surface area contributed by atoms with Crippen LogP contribution in [-0.4, -0.2) is 64.9 Å². The van der Waals surface area contributed by atoms with Crippen molar-refractivity contribution >= 4 is 17.7 Å². The van der Waals surface area contributed by atoms with E-state index in [1.165, 1.54) is 10.5 Å². The largest absolute Gasteiger partial charge is 0.392 e. The number of thioether (sulfide) groups is 1. The van der Waals surface area contributed by atoms with Crippen molar-refractivity contribution in [3.8, 4) is 0 Å². The van der Waals surface area contributed by atoms with Gasteiger partial charge in [-0.25, -0.2) is 0 Å². The Morgan fingerprint density at radius 1 is 1.32 bits per heavy atom. The molecule has 0 unspecified atom stereocenters. The molecule has 2 atom stereocenters. The number of rotatable bonds is 4. The lowest BCUT2D eigenvalue weighted by Gasteiger charge is -2.36. The fourth-order valence-electron chi connectivity index (χ4n) is 3.10. The molecule has 2 heterocycles. The number of hydrogen-bond acceptors (Lipinski definition) is 4. The molecule has 0 bridgehead atoms. The van der Waals surface area contributed by atoms with Crippen LogP contribution in [0.2, 0.25) is 0 Å². The fraction of sp³-hybridized carbons (Fsp3) is 0.588. The number of amides is 1. The molecule has 0 aromatic heterocycles. The van der Waals surface area contributed by atoms with Gasteiger partial charge in [0.25, 0.3) is 0 Å². The summed E-state index contributed by atoms with van der Waals surface area (Å²) in [5, 5.41) is 9.78. The molecule has 0 aliphatic carbocycles. The summed E-state index contributed by atoms with van der Waals surface area (Å²) >= 11 is 1.71. The summed E-state index contributed by atoms with van der Waals surface area (Å²) in [6.07, 6.45) is 1.40. The number of fused-ring (bicyclic) bond motifs is 1. The van der Waals surface area contributed by atoms with Crippen molar-refractivity contribution in [2.24, 2.45) is 0 Å². The third-order valence-corrected chi connectivity index (χ3v) is 5.85. The molecule has 5 heteroatoms. The van der Waals surface area contributed by atoms with Crippen LogP contribution in [0.15, 0.2) is 29.2 Å². The van der Waals surface area contributed by atoms with Gasteiger partial charge in [-0.3, -0.25) is 9.69 Å². The van der Waals surface area contributed by atoms with E-state index in [1.807, 2.05) is 24.0 Å². The molecule has 1 amide bonds. The van der Waals surface area contributed by atoms with Gasteiger partial charge < -0.3 is 10.0 Å². The molecular weight excluding hydrogens is 296 g/mol. The highest BCUT2D eigenvalue weighted by Crippen LogP contribution is 2.37. The number of piperazine rings is 1. The van der Waals surface area contributed by atoms with Crippen LogP contribution in [0.1, 0.15) is 18.9 Å². The van der Waals surface area contributed by atoms with Gasteiger partial charge in [0.2, 0.25) is 5.91 Å². The van der Waals surface area contributed by atoms with Crippen LogP contribution >= 0.6 is 11.8 Å². The van der Waals surface area contributed by atoms with E-state index < -0.39 is 0 Å². The molecule has 0 saturated carbocycles. The first kappa shape index (κ1) is 15.8. The normalized spacial score (nSPS) is 23.4. The van der Waals surface area contributed by atoms with Crippen LogP contribution in [-0.2, 0) is 11.2 Å². The fourth-order valence-corrected chi connectivity index (χ4v) is 4.38. The van der Waals surface area contributed by atoms with Crippen LogP contribution in [0, 0.1) is 0 Å². The minimum Gasteiger partial charge on any atom is -0.392 e. The first-order valence-corrected chi connectivity index (χ1v) is 8.99. The molecular formula is C17H24N2O2S. The van der Waals surface area contributed by atoms with Crippen LogP contribution in [0.3, 0.4) is 0 Å². The van der Waals surface area contributed by atoms with E-state index >= 15 is 0 Å². The van der Waals surface area contributed by atoms with Crippen LogP contribution in [0.25, 0.3) is 0 Å². The molecule has 1 saturated heterocycles. The van der Waals surface area contributed by atoms with Crippen molar-refractivity contribution in [3.63, 3.8) is 0 Å². The zero-order valence-corrected chi connectivity index (χ0v) is 13.9. The van der Waals surface area contributed by atoms with Gasteiger partial charge in [0.1, 0.15) is 0 Å². The van der Waals surface area contributed by atoms with E-state index in [4.69, 9.17) is 0 Å². The van der Waals surface area contributed by atoms with Gasteiger partial charge in [-0.2, -0.15) is 0 Å². The Balaban J connectivity index is 1.51. The molecule has 1 aromatic rings. The molecule has 0 radical (unpaired) electrons. The second-order valence-electron chi connectivity index (χ2n) is 6.11. The lowest BCUT2D eigenvalue weighted by molar-refractivity contribution is -0.132. The molecule has 1 N–H and O–H groups in total. The highest BCUT2D eigenvalue weighted by Gasteiger charge is 2.32. The first-order valence-electron chi connectivity index (χ1n) is 8.11. The monoisotopic (exact) mass is 320 g/mol. The predicted molar refractivity (Wildman–Crippen MR) is 89.1 cm³/mol. The first-order chi connectivity index (χ1) is 10.7. The zero-order chi connectivity index (χ0) is 15.5. The summed E-state index contributed by atoms with van der Waals surface area (Å²) in [7, 11) is 0. The number of carbonyl (C=O) groups excluding carboxylic acids is 1. The van der Waals surface area contributed by atoms with Crippen LogP contribution in [0.5, 0.6) is 0 Å². The Bertz CT molecular complexity index is 504. The molecule has 0 spiro atoms. The minimum absolute atomic E-state index is 0.0465. The van der Waals surface area contributed by atoms with Crippen molar-refractivity contribution in [1.82, 2.24) is 9.80 Å². The summed E-state index contributed by atoms with van der Waals surface area (Å²) in [5.41, 5.74) is 1.30. The van der Waals surface area contributed by atoms with Crippen molar-refractivity contribution in [1.29, 1.82) is 0 Å². The highest BCUT2D eigenvalue weighted by atomic mass is 32.2. The van der Waals surface area contributed by atoms with Crippen molar-refractivity contribution in [2.75, 3.05) is 32.7 Å². The highest BCUT2D eigenvalue weighted by molar-refractivity contribution is 8.01. The van der Waals surface area contributed by atoms with Gasteiger partial charge in [-0.05, 0) is 24.5 Å². The SMILES string of the molecule is CC[C@H](O)CN1CCN(C(=O)[C@H]2Cc3ccccc3S2)CC1. The number of benzene rings is 1. The molecule has 22 heavy (non-hydrogen) atoms. The number of carbonyl (C=O) groups is 1. The van der Waals surface area contributed by atoms with Gasteiger partial charge in [0, 0.05) is 37.6 Å². The number of aliphatic hydroxyl groups excluding tert-OH is 1. The molecule has 1 fully saturated rings. The number of hydrogen-bond donors (Lipinski definition) is 1.